The normalized spacial score (nSPS) is 13.8. The number of nitrogens with one attached hydrogen (secondary N) is 4. The number of hydrogen-bond donors (Lipinski definition) is 7. The van der Waals surface area contributed by atoms with E-state index in [2.05, 4.69) is 20.9 Å². The standard InChI is InChI=1S/C30H37N5O7S/c1-43-14-13-23(28(39)35-25(30(41)42)16-19-17-32-22-10-6-5-9-20(19)22)33-29(40)24(15-18-7-3-2-4-8-18)34-27(38)21(31)11-12-26(36)37/h2-10,17,21,23-25,32H,11-16,31H2,1H3,(H,33,40)(H,34,38)(H,35,39)(H,36,37)(H,41,42). The van der Waals surface area contributed by atoms with Gasteiger partial charge in [-0.25, -0.2) is 4.79 Å². The van der Waals surface area contributed by atoms with Gasteiger partial charge in [0.1, 0.15) is 18.1 Å². The fourth-order valence-corrected chi connectivity index (χ4v) is 4.99. The Bertz CT molecular complexity index is 1410. The Morgan fingerprint density at radius 2 is 1.44 bits per heavy atom. The minimum absolute atomic E-state index is 0.0230. The summed E-state index contributed by atoms with van der Waals surface area (Å²) >= 11 is 1.45. The summed E-state index contributed by atoms with van der Waals surface area (Å²) in [5.41, 5.74) is 8.16. The number of fused-ring (bicyclic) bond motifs is 1. The number of thioether (sulfide) groups is 1. The fraction of sp³-hybridized carbons (Fsp3) is 0.367. The highest BCUT2D eigenvalue weighted by molar-refractivity contribution is 7.98. The number of para-hydroxylation sites is 1. The summed E-state index contributed by atoms with van der Waals surface area (Å²) in [7, 11) is 0. The van der Waals surface area contributed by atoms with Crippen LogP contribution in [0.15, 0.2) is 60.8 Å². The van der Waals surface area contributed by atoms with E-state index in [1.165, 1.54) is 11.8 Å². The number of nitrogens with two attached hydrogens (primary N) is 1. The molecule has 12 nitrogen and oxygen atoms in total. The summed E-state index contributed by atoms with van der Waals surface area (Å²) in [5, 5.41) is 27.5. The van der Waals surface area contributed by atoms with E-state index in [1.807, 2.05) is 30.5 Å². The number of amides is 3. The molecule has 0 fully saturated rings. The third kappa shape index (κ3) is 10.1. The lowest BCUT2D eigenvalue weighted by Gasteiger charge is -2.25. The molecule has 0 saturated carbocycles. The van der Waals surface area contributed by atoms with Crippen LogP contribution in [0, 0.1) is 0 Å². The summed E-state index contributed by atoms with van der Waals surface area (Å²) < 4.78 is 0. The van der Waals surface area contributed by atoms with Crippen LogP contribution in [0.2, 0.25) is 0 Å². The first-order chi connectivity index (χ1) is 20.6. The summed E-state index contributed by atoms with van der Waals surface area (Å²) in [6.07, 6.45) is 3.43. The van der Waals surface area contributed by atoms with E-state index in [0.717, 1.165) is 22.0 Å². The molecule has 8 N–H and O–H groups in total. The molecule has 0 spiro atoms. The van der Waals surface area contributed by atoms with Crippen LogP contribution in [-0.2, 0) is 36.8 Å². The number of carboxylic acids is 2. The van der Waals surface area contributed by atoms with E-state index in [9.17, 15) is 29.1 Å². The van der Waals surface area contributed by atoms with E-state index in [1.54, 1.807) is 36.5 Å². The Morgan fingerprint density at radius 1 is 0.814 bits per heavy atom. The van der Waals surface area contributed by atoms with Crippen molar-refractivity contribution in [1.29, 1.82) is 0 Å². The molecule has 0 saturated heterocycles. The third-order valence-electron chi connectivity index (χ3n) is 6.88. The minimum atomic E-state index is -1.26. The highest BCUT2D eigenvalue weighted by atomic mass is 32.2. The van der Waals surface area contributed by atoms with Crippen LogP contribution in [0.1, 0.15) is 30.4 Å². The predicted molar refractivity (Wildman–Crippen MR) is 163 cm³/mol. The van der Waals surface area contributed by atoms with Gasteiger partial charge in [0, 0.05) is 36.4 Å². The number of benzene rings is 2. The first-order valence-electron chi connectivity index (χ1n) is 13.8. The summed E-state index contributed by atoms with van der Waals surface area (Å²) in [6, 6.07) is 11.7. The predicted octanol–water partition coefficient (Wildman–Crippen LogP) is 1.44. The molecule has 0 aliphatic rings. The van der Waals surface area contributed by atoms with Crippen molar-refractivity contribution in [2.45, 2.75) is 56.3 Å². The molecule has 1 aromatic heterocycles. The van der Waals surface area contributed by atoms with Crippen LogP contribution < -0.4 is 21.7 Å². The van der Waals surface area contributed by atoms with E-state index in [-0.39, 0.29) is 32.1 Å². The van der Waals surface area contributed by atoms with Crippen LogP contribution in [0.3, 0.4) is 0 Å². The lowest BCUT2D eigenvalue weighted by Crippen LogP contribution is -2.58. The van der Waals surface area contributed by atoms with Crippen molar-refractivity contribution in [2.75, 3.05) is 12.0 Å². The van der Waals surface area contributed by atoms with Crippen LogP contribution in [0.25, 0.3) is 10.9 Å². The molecule has 2 aromatic carbocycles. The number of carbonyl (C=O) groups excluding carboxylic acids is 3. The number of hydrogen-bond acceptors (Lipinski definition) is 7. The Labute approximate surface area is 253 Å². The Hall–Kier alpha value is -4.36. The maximum atomic E-state index is 13.5. The van der Waals surface area contributed by atoms with Gasteiger partial charge in [-0.1, -0.05) is 48.5 Å². The van der Waals surface area contributed by atoms with Gasteiger partial charge in [0.25, 0.3) is 0 Å². The van der Waals surface area contributed by atoms with Crippen molar-refractivity contribution in [2.24, 2.45) is 5.73 Å². The number of H-pyrrole nitrogens is 1. The van der Waals surface area contributed by atoms with Gasteiger partial charge in [-0.15, -0.1) is 0 Å². The third-order valence-corrected chi connectivity index (χ3v) is 7.52. The van der Waals surface area contributed by atoms with Crippen LogP contribution in [-0.4, -0.2) is 81.0 Å². The number of aromatic nitrogens is 1. The number of carboxylic acid groups (broad SMARTS) is 2. The van der Waals surface area contributed by atoms with Gasteiger partial charge in [-0.05, 0) is 42.0 Å². The molecular formula is C30H37N5O7S. The second-order valence-electron chi connectivity index (χ2n) is 10.1. The molecule has 1 heterocycles. The lowest BCUT2D eigenvalue weighted by atomic mass is 10.0. The molecule has 3 rings (SSSR count). The first kappa shape index (κ1) is 33.1. The Morgan fingerprint density at radius 3 is 2.12 bits per heavy atom. The largest absolute Gasteiger partial charge is 0.481 e. The molecule has 3 amide bonds. The highest BCUT2D eigenvalue weighted by Crippen LogP contribution is 2.19. The Balaban J connectivity index is 1.76. The molecule has 3 aromatic rings. The SMILES string of the molecule is CSCCC(NC(=O)C(Cc1ccccc1)NC(=O)C(N)CCC(=O)O)C(=O)NC(Cc1c[nH]c2ccccc12)C(=O)O. The second-order valence-corrected chi connectivity index (χ2v) is 11.1. The maximum absolute atomic E-state index is 13.5. The molecule has 4 unspecified atom stereocenters. The van der Waals surface area contributed by atoms with Gasteiger partial charge in [-0.2, -0.15) is 11.8 Å². The van der Waals surface area contributed by atoms with Gasteiger partial charge >= 0.3 is 11.9 Å². The quantitative estimate of drug-likeness (QED) is 0.118. The molecule has 13 heteroatoms. The Kier molecular flexibility index (Phi) is 12.6. The van der Waals surface area contributed by atoms with Crippen molar-refractivity contribution in [3.63, 3.8) is 0 Å². The van der Waals surface area contributed by atoms with E-state index < -0.39 is 53.8 Å². The number of aromatic amines is 1. The summed E-state index contributed by atoms with van der Waals surface area (Å²) in [5.74, 6) is -3.86. The van der Waals surface area contributed by atoms with Crippen LogP contribution in [0.4, 0.5) is 0 Å². The number of carbonyl (C=O) groups is 5. The summed E-state index contributed by atoms with van der Waals surface area (Å²) in [6.45, 7) is 0. The van der Waals surface area contributed by atoms with Crippen molar-refractivity contribution >= 4 is 52.3 Å². The molecule has 0 aliphatic carbocycles. The van der Waals surface area contributed by atoms with Gasteiger partial charge < -0.3 is 36.9 Å². The zero-order valence-corrected chi connectivity index (χ0v) is 24.6. The number of aliphatic carboxylic acids is 2. The maximum Gasteiger partial charge on any atom is 0.326 e. The number of rotatable bonds is 17. The van der Waals surface area contributed by atoms with E-state index in [4.69, 9.17) is 10.8 Å². The molecule has 43 heavy (non-hydrogen) atoms. The first-order valence-corrected chi connectivity index (χ1v) is 15.2. The fourth-order valence-electron chi connectivity index (χ4n) is 4.52. The average Bonchev–Trinajstić information content (AvgIpc) is 3.40. The van der Waals surface area contributed by atoms with Gasteiger partial charge in [-0.3, -0.25) is 19.2 Å². The van der Waals surface area contributed by atoms with Gasteiger partial charge in [0.15, 0.2) is 0 Å². The smallest absolute Gasteiger partial charge is 0.326 e. The van der Waals surface area contributed by atoms with Crippen molar-refractivity contribution in [1.82, 2.24) is 20.9 Å². The van der Waals surface area contributed by atoms with Crippen LogP contribution >= 0.6 is 11.8 Å². The topological polar surface area (TPSA) is 204 Å². The molecule has 230 valence electrons. The van der Waals surface area contributed by atoms with E-state index >= 15 is 0 Å². The highest BCUT2D eigenvalue weighted by Gasteiger charge is 2.31. The molecule has 0 radical (unpaired) electrons. The van der Waals surface area contributed by atoms with Gasteiger partial charge in [0.05, 0.1) is 6.04 Å². The minimum Gasteiger partial charge on any atom is -0.481 e. The molecule has 4 atom stereocenters. The lowest BCUT2D eigenvalue weighted by molar-refractivity contribution is -0.142. The average molecular weight is 612 g/mol. The molecular weight excluding hydrogens is 574 g/mol. The molecule has 0 aliphatic heterocycles. The van der Waals surface area contributed by atoms with Gasteiger partial charge in [0.2, 0.25) is 17.7 Å². The van der Waals surface area contributed by atoms with Crippen molar-refractivity contribution in [3.8, 4) is 0 Å². The summed E-state index contributed by atoms with van der Waals surface area (Å²) in [4.78, 5) is 65.8. The van der Waals surface area contributed by atoms with Crippen molar-refractivity contribution < 1.29 is 34.2 Å². The zero-order chi connectivity index (χ0) is 31.4. The second kappa shape index (κ2) is 16.3. The monoisotopic (exact) mass is 611 g/mol. The van der Waals surface area contributed by atoms with E-state index in [0.29, 0.717) is 5.75 Å². The molecule has 0 bridgehead atoms. The van der Waals surface area contributed by atoms with Crippen LogP contribution in [0.5, 0.6) is 0 Å². The van der Waals surface area contributed by atoms with Crippen molar-refractivity contribution in [3.05, 3.63) is 71.9 Å². The zero-order valence-electron chi connectivity index (χ0n) is 23.7.